The number of carbonyl (C=O) groups excluding carboxylic acids is 3. The molecule has 2 aliphatic heterocycles. The smallest absolute Gasteiger partial charge is 0.286 e. The summed E-state index contributed by atoms with van der Waals surface area (Å²) in [5.41, 5.74) is 1.75. The number of aryl methyl sites for hydroxylation is 1. The summed E-state index contributed by atoms with van der Waals surface area (Å²) < 4.78 is 5.54. The van der Waals surface area contributed by atoms with Crippen molar-refractivity contribution in [1.82, 2.24) is 20.4 Å². The molecule has 0 aliphatic carbocycles. The normalized spacial score (nSPS) is 19.0. The summed E-state index contributed by atoms with van der Waals surface area (Å²) in [6.45, 7) is 4.23. The number of nitrogens with zero attached hydrogens (tertiary/aromatic N) is 3. The summed E-state index contributed by atoms with van der Waals surface area (Å²) in [5.74, 6) is -0.730. The molecule has 0 spiro atoms. The molecule has 2 fully saturated rings. The first-order valence-electron chi connectivity index (χ1n) is 10.9. The third-order valence-corrected chi connectivity index (χ3v) is 6.70. The van der Waals surface area contributed by atoms with Crippen LogP contribution in [0.3, 0.4) is 0 Å². The molecule has 10 heteroatoms. The molecule has 2 aromatic rings. The Morgan fingerprint density at radius 1 is 1.09 bits per heavy atom. The molecule has 170 valence electrons. The minimum Gasteiger partial charge on any atom is -0.376 e. The lowest BCUT2D eigenvalue weighted by atomic mass is 9.96. The fraction of sp³-hybridized carbons (Fsp3) is 0.500. The molecule has 9 nitrogen and oxygen atoms in total. The van der Waals surface area contributed by atoms with Crippen LogP contribution in [0.2, 0.25) is 0 Å². The number of nitrogens with one attached hydrogen (secondary N) is 2. The zero-order valence-electron chi connectivity index (χ0n) is 18.0. The standard InChI is InChI=1S/C22H27N5O4S/c1-14-4-6-16(7-5-14)24-19(29)20-25-26-21(32-20)22(30)27-10-8-15(9-11-27)18(28)23-13-17-3-2-12-31-17/h4-7,15,17H,2-3,8-13H2,1H3,(H,23,28)(H,24,29)/t17-/m1/s1. The van der Waals surface area contributed by atoms with E-state index in [2.05, 4.69) is 20.8 Å². The Bertz CT molecular complexity index is 963. The molecule has 1 aromatic carbocycles. The van der Waals surface area contributed by atoms with Crippen LogP contribution in [0, 0.1) is 12.8 Å². The van der Waals surface area contributed by atoms with Crippen LogP contribution in [-0.4, -0.2) is 65.2 Å². The molecule has 3 heterocycles. The minimum absolute atomic E-state index is 0.0265. The third-order valence-electron chi connectivity index (χ3n) is 5.79. The number of rotatable bonds is 6. The molecule has 0 radical (unpaired) electrons. The highest BCUT2D eigenvalue weighted by Gasteiger charge is 2.30. The van der Waals surface area contributed by atoms with Gasteiger partial charge in [0, 0.05) is 37.8 Å². The van der Waals surface area contributed by atoms with Crippen LogP contribution >= 0.6 is 11.3 Å². The van der Waals surface area contributed by atoms with Gasteiger partial charge < -0.3 is 20.3 Å². The topological polar surface area (TPSA) is 114 Å². The molecule has 0 bridgehead atoms. The molecule has 1 aromatic heterocycles. The number of anilines is 1. The number of carbonyl (C=O) groups is 3. The average molecular weight is 458 g/mol. The van der Waals surface area contributed by atoms with E-state index in [1.165, 1.54) is 0 Å². The van der Waals surface area contributed by atoms with Crippen molar-refractivity contribution in [3.05, 3.63) is 39.8 Å². The molecule has 32 heavy (non-hydrogen) atoms. The van der Waals surface area contributed by atoms with Gasteiger partial charge in [-0.2, -0.15) is 0 Å². The Morgan fingerprint density at radius 3 is 2.50 bits per heavy atom. The summed E-state index contributed by atoms with van der Waals surface area (Å²) in [6.07, 6.45) is 3.35. The summed E-state index contributed by atoms with van der Waals surface area (Å²) in [7, 11) is 0. The van der Waals surface area contributed by atoms with E-state index in [1.54, 1.807) is 17.0 Å². The minimum atomic E-state index is -0.396. The maximum atomic E-state index is 12.8. The van der Waals surface area contributed by atoms with E-state index in [-0.39, 0.29) is 33.9 Å². The molecule has 1 atom stereocenters. The fourth-order valence-corrected chi connectivity index (χ4v) is 4.57. The molecular weight excluding hydrogens is 430 g/mol. The van der Waals surface area contributed by atoms with E-state index in [9.17, 15) is 14.4 Å². The molecule has 2 N–H and O–H groups in total. The molecule has 2 saturated heterocycles. The van der Waals surface area contributed by atoms with E-state index in [1.807, 2.05) is 19.1 Å². The van der Waals surface area contributed by atoms with Gasteiger partial charge in [0.2, 0.25) is 15.9 Å². The van der Waals surface area contributed by atoms with Crippen LogP contribution in [0.15, 0.2) is 24.3 Å². The first-order chi connectivity index (χ1) is 15.5. The van der Waals surface area contributed by atoms with Crippen LogP contribution < -0.4 is 10.6 Å². The van der Waals surface area contributed by atoms with Crippen LogP contribution in [-0.2, 0) is 9.53 Å². The van der Waals surface area contributed by atoms with Gasteiger partial charge in [0.05, 0.1) is 6.10 Å². The van der Waals surface area contributed by atoms with Crippen LogP contribution in [0.5, 0.6) is 0 Å². The third kappa shape index (κ3) is 5.49. The molecular formula is C22H27N5O4S. The number of ether oxygens (including phenoxy) is 1. The monoisotopic (exact) mass is 457 g/mol. The Labute approximate surface area is 190 Å². The second-order valence-electron chi connectivity index (χ2n) is 8.18. The molecule has 2 aliphatic rings. The van der Waals surface area contributed by atoms with E-state index < -0.39 is 5.91 Å². The van der Waals surface area contributed by atoms with E-state index in [4.69, 9.17) is 4.74 Å². The summed E-state index contributed by atoms with van der Waals surface area (Å²) in [5, 5.41) is 13.9. The number of amides is 3. The highest BCUT2D eigenvalue weighted by molar-refractivity contribution is 7.15. The Morgan fingerprint density at radius 2 is 1.81 bits per heavy atom. The summed E-state index contributed by atoms with van der Waals surface area (Å²) in [4.78, 5) is 39.3. The van der Waals surface area contributed by atoms with Gasteiger partial charge in [-0.3, -0.25) is 14.4 Å². The van der Waals surface area contributed by atoms with Gasteiger partial charge in [0.25, 0.3) is 11.8 Å². The van der Waals surface area contributed by atoms with Crippen molar-refractivity contribution >= 4 is 34.7 Å². The van der Waals surface area contributed by atoms with Crippen molar-refractivity contribution in [2.24, 2.45) is 5.92 Å². The fourth-order valence-electron chi connectivity index (χ4n) is 3.87. The molecule has 0 saturated carbocycles. The lowest BCUT2D eigenvalue weighted by Crippen LogP contribution is -2.44. The van der Waals surface area contributed by atoms with Crippen molar-refractivity contribution in [2.45, 2.75) is 38.7 Å². The van der Waals surface area contributed by atoms with Gasteiger partial charge in [0.1, 0.15) is 0 Å². The van der Waals surface area contributed by atoms with Gasteiger partial charge in [-0.15, -0.1) is 10.2 Å². The SMILES string of the molecule is Cc1ccc(NC(=O)c2nnc(C(=O)N3CCC(C(=O)NC[C@H]4CCCO4)CC3)s2)cc1. The van der Waals surface area contributed by atoms with Crippen molar-refractivity contribution in [3.8, 4) is 0 Å². The second-order valence-corrected chi connectivity index (χ2v) is 9.16. The van der Waals surface area contributed by atoms with Crippen molar-refractivity contribution in [2.75, 3.05) is 31.6 Å². The Balaban J connectivity index is 1.26. The molecule has 0 unspecified atom stereocenters. The zero-order chi connectivity index (χ0) is 22.5. The maximum absolute atomic E-state index is 12.8. The lowest BCUT2D eigenvalue weighted by molar-refractivity contribution is -0.126. The number of piperidine rings is 1. The summed E-state index contributed by atoms with van der Waals surface area (Å²) in [6, 6.07) is 7.41. The molecule has 4 rings (SSSR count). The predicted octanol–water partition coefficient (Wildman–Crippen LogP) is 2.25. The van der Waals surface area contributed by atoms with Gasteiger partial charge in [0.15, 0.2) is 0 Å². The molecule has 3 amide bonds. The first kappa shape index (κ1) is 22.3. The lowest BCUT2D eigenvalue weighted by Gasteiger charge is -2.30. The maximum Gasteiger partial charge on any atom is 0.286 e. The summed E-state index contributed by atoms with van der Waals surface area (Å²) >= 11 is 0.976. The van der Waals surface area contributed by atoms with Gasteiger partial charge in [-0.25, -0.2) is 0 Å². The highest BCUT2D eigenvalue weighted by Crippen LogP contribution is 2.21. The van der Waals surface area contributed by atoms with Crippen molar-refractivity contribution < 1.29 is 19.1 Å². The Hall–Kier alpha value is -2.85. The van der Waals surface area contributed by atoms with Crippen LogP contribution in [0.25, 0.3) is 0 Å². The van der Waals surface area contributed by atoms with E-state index in [0.717, 1.165) is 36.3 Å². The van der Waals surface area contributed by atoms with E-state index >= 15 is 0 Å². The number of likely N-dealkylation sites (tertiary alicyclic amines) is 1. The largest absolute Gasteiger partial charge is 0.376 e. The van der Waals surface area contributed by atoms with Crippen LogP contribution in [0.4, 0.5) is 5.69 Å². The quantitative estimate of drug-likeness (QED) is 0.688. The zero-order valence-corrected chi connectivity index (χ0v) is 18.8. The highest BCUT2D eigenvalue weighted by atomic mass is 32.1. The second kappa shape index (κ2) is 10.2. The van der Waals surface area contributed by atoms with Gasteiger partial charge >= 0.3 is 0 Å². The van der Waals surface area contributed by atoms with E-state index in [0.29, 0.717) is 38.2 Å². The number of benzene rings is 1. The predicted molar refractivity (Wildman–Crippen MR) is 120 cm³/mol. The Kier molecular flexibility index (Phi) is 7.11. The number of hydrogen-bond donors (Lipinski definition) is 2. The van der Waals surface area contributed by atoms with Gasteiger partial charge in [-0.1, -0.05) is 29.0 Å². The van der Waals surface area contributed by atoms with Crippen molar-refractivity contribution in [1.29, 1.82) is 0 Å². The van der Waals surface area contributed by atoms with Crippen LogP contribution in [0.1, 0.15) is 50.9 Å². The number of hydrogen-bond acceptors (Lipinski definition) is 7. The number of aromatic nitrogens is 2. The first-order valence-corrected chi connectivity index (χ1v) is 11.7. The van der Waals surface area contributed by atoms with Crippen molar-refractivity contribution in [3.63, 3.8) is 0 Å². The van der Waals surface area contributed by atoms with Gasteiger partial charge in [-0.05, 0) is 44.7 Å². The average Bonchev–Trinajstić information content (AvgIpc) is 3.51.